The topological polar surface area (TPSA) is 183 Å². The van der Waals surface area contributed by atoms with Crippen LogP contribution in [-0.4, -0.2) is 172 Å². The van der Waals surface area contributed by atoms with Gasteiger partial charge in [0.2, 0.25) is 0 Å². The molecule has 35 atom stereocenters. The van der Waals surface area contributed by atoms with Crippen LogP contribution in [0.25, 0.3) is 0 Å². The summed E-state index contributed by atoms with van der Waals surface area (Å²) in [4.78, 5) is 11.1. The van der Waals surface area contributed by atoms with E-state index in [0.29, 0.717) is 24.6 Å². The summed E-state index contributed by atoms with van der Waals surface area (Å²) in [5.74, 6) is 1.01. The third-order valence-electron chi connectivity index (χ3n) is 24.2. The normalized spacial score (nSPS) is 47.8. The van der Waals surface area contributed by atoms with Gasteiger partial charge in [0.15, 0.2) is 44.0 Å². The Morgan fingerprint density at radius 2 is 0.484 bits per heavy atom. The molecule has 14 unspecified atom stereocenters. The van der Waals surface area contributed by atoms with E-state index in [2.05, 4.69) is 152 Å². The van der Waals surface area contributed by atoms with Crippen molar-refractivity contribution < 1.29 is 89.1 Å². The van der Waals surface area contributed by atoms with Crippen LogP contribution >= 0.6 is 0 Å². The van der Waals surface area contributed by atoms with E-state index in [1.54, 1.807) is 28.3 Å². The average Bonchev–Trinajstić information content (AvgIpc) is 0.792. The molecule has 19 nitrogen and oxygen atoms in total. The highest BCUT2D eigenvalue weighted by molar-refractivity contribution is 6.60. The predicted octanol–water partition coefficient (Wildman–Crippen LogP) is 13.9. The number of carbonyl (C=O) groups is 1. The number of rotatable bonds is 15. The van der Waals surface area contributed by atoms with Gasteiger partial charge >= 0.3 is 14.8 Å². The summed E-state index contributed by atoms with van der Waals surface area (Å²) in [5, 5.41) is 0. The van der Waals surface area contributed by atoms with Crippen LogP contribution in [0.5, 0.6) is 0 Å². The highest BCUT2D eigenvalue weighted by Crippen LogP contribution is 2.48. The second kappa shape index (κ2) is 35.4. The summed E-state index contributed by atoms with van der Waals surface area (Å²) in [7, 11) is 2.13. The van der Waals surface area contributed by atoms with Crippen LogP contribution in [-0.2, 0) is 89.1 Å². The maximum atomic E-state index is 11.1. The van der Waals surface area contributed by atoms with Gasteiger partial charge in [-0.3, -0.25) is 0 Å². The summed E-state index contributed by atoms with van der Waals surface area (Å²) >= 11 is 0. The fourth-order valence-electron chi connectivity index (χ4n) is 15.9. The second-order valence-corrected chi connectivity index (χ2v) is 32.8. The number of ether oxygens (including phenoxy) is 15. The molecule has 0 aromatic carbocycles. The maximum Gasteiger partial charge on any atom is 0.500 e. The SMILES string of the molecule is C=C(C)C(=O)OCCC[Si](OC)(OC)OC.CCC1O[C@@H]2O[C@@H]3C(CC)O[C@H](O[C@@H]4C(CC)O[C@@H](O[C@@H]5C(CC)O[C@@H](O[C@@H]6C(CC)O[C@@H](O[C@@H]7C(CC)O[C@H](O[C@@H]8C(CC)O[C@H](O[C@H]1[C@H](C)C2C)C(C)[C@H]8C)C(C)[C@H]7C)C(C)[C@H]6C)C(C)[C@H]5C)C(C)[C@H]4C)C(C)[C@H]3C. The van der Waals surface area contributed by atoms with Gasteiger partial charge < -0.3 is 84.3 Å². The first kappa shape index (κ1) is 79.1. The number of esters is 1. The van der Waals surface area contributed by atoms with Gasteiger partial charge in [-0.1, -0.05) is 152 Å². The van der Waals surface area contributed by atoms with Gasteiger partial charge in [-0.2, -0.15) is 0 Å². The van der Waals surface area contributed by atoms with Crippen molar-refractivity contribution >= 4 is 14.8 Å². The van der Waals surface area contributed by atoms with Crippen LogP contribution in [0.4, 0.5) is 0 Å². The van der Waals surface area contributed by atoms with Gasteiger partial charge in [-0.15, -0.1) is 0 Å². The Labute approximate surface area is 563 Å². The molecule has 0 aliphatic carbocycles. The minimum Gasteiger partial charge on any atom is -0.462 e. The molecule has 21 heterocycles. The lowest BCUT2D eigenvalue weighted by Crippen LogP contribution is -2.60. The number of hydrogen-bond acceptors (Lipinski definition) is 19. The molecule has 21 aliphatic heterocycles. The first-order valence-electron chi connectivity index (χ1n) is 36.8. The minimum absolute atomic E-state index is 0.0573. The van der Waals surface area contributed by atoms with E-state index < -0.39 is 52.8 Å². The Kier molecular flexibility index (Phi) is 30.1. The zero-order valence-electron chi connectivity index (χ0n) is 62.2. The van der Waals surface area contributed by atoms with Crippen molar-refractivity contribution in [2.45, 2.75) is 339 Å². The van der Waals surface area contributed by atoms with Gasteiger partial charge in [-0.25, -0.2) is 4.79 Å². The monoisotopic (exact) mass is 1340 g/mol. The lowest BCUT2D eigenvalue weighted by atomic mass is 9.80. The highest BCUT2D eigenvalue weighted by Gasteiger charge is 2.56. The molecule has 21 aliphatic rings. The molecular weight excluding hydrogens is 1210 g/mol. The van der Waals surface area contributed by atoms with Crippen molar-refractivity contribution in [2.24, 2.45) is 82.9 Å². The zero-order chi connectivity index (χ0) is 68.7. The quantitative estimate of drug-likeness (QED) is 0.0652. The Balaban J connectivity index is 0.000000674. The molecule has 93 heavy (non-hydrogen) atoms. The Morgan fingerprint density at radius 3 is 0.624 bits per heavy atom. The van der Waals surface area contributed by atoms with Crippen LogP contribution in [0.15, 0.2) is 12.2 Å². The molecule has 0 amide bonds. The first-order chi connectivity index (χ1) is 44.2. The fourth-order valence-corrected chi connectivity index (χ4v) is 17.6. The van der Waals surface area contributed by atoms with E-state index in [0.717, 1.165) is 44.9 Å². The Bertz CT molecular complexity index is 1870. The third-order valence-corrected chi connectivity index (χ3v) is 27.0. The summed E-state index contributed by atoms with van der Waals surface area (Å²) < 4.78 is 120. The lowest BCUT2D eigenvalue weighted by Gasteiger charge is -2.52. The summed E-state index contributed by atoms with van der Waals surface area (Å²) in [6.45, 7) is 52.6. The predicted molar refractivity (Wildman–Crippen MR) is 357 cm³/mol. The molecule has 542 valence electrons. The molecule has 14 bridgehead atoms. The summed E-state index contributed by atoms with van der Waals surface area (Å²) in [6.07, 6.45) is 0.823. The molecule has 0 spiro atoms. The van der Waals surface area contributed by atoms with Crippen molar-refractivity contribution in [3.8, 4) is 0 Å². The first-order valence-corrected chi connectivity index (χ1v) is 38.7. The molecule has 20 heteroatoms. The van der Waals surface area contributed by atoms with Crippen molar-refractivity contribution in [3.63, 3.8) is 0 Å². The maximum absolute atomic E-state index is 11.1. The Morgan fingerprint density at radius 1 is 0.312 bits per heavy atom. The van der Waals surface area contributed by atoms with Crippen molar-refractivity contribution in [2.75, 3.05) is 27.9 Å². The smallest absolute Gasteiger partial charge is 0.462 e. The van der Waals surface area contributed by atoms with Gasteiger partial charge in [0, 0.05) is 74.4 Å². The molecule has 0 radical (unpaired) electrons. The number of hydrogen-bond donors (Lipinski definition) is 0. The van der Waals surface area contributed by atoms with Crippen molar-refractivity contribution in [1.82, 2.24) is 0 Å². The van der Waals surface area contributed by atoms with Crippen molar-refractivity contribution in [3.05, 3.63) is 12.2 Å². The lowest BCUT2D eigenvalue weighted by molar-refractivity contribution is -0.368. The molecule has 0 N–H and O–H groups in total. The van der Waals surface area contributed by atoms with E-state index in [1.807, 2.05) is 0 Å². The molecular formula is C73H132O19Si. The molecule has 21 saturated heterocycles. The molecule has 21 rings (SSSR count). The van der Waals surface area contributed by atoms with Gasteiger partial charge in [0.1, 0.15) is 0 Å². The van der Waals surface area contributed by atoms with Crippen LogP contribution in [0, 0.1) is 82.9 Å². The molecule has 0 aromatic heterocycles. The van der Waals surface area contributed by atoms with Crippen molar-refractivity contribution in [1.29, 1.82) is 0 Å². The average molecular weight is 1340 g/mol. The molecule has 0 saturated carbocycles. The summed E-state index contributed by atoms with van der Waals surface area (Å²) in [6, 6.07) is 0.611. The molecule has 21 fully saturated rings. The van der Waals surface area contributed by atoms with Gasteiger partial charge in [0.05, 0.1) is 92.1 Å². The van der Waals surface area contributed by atoms with E-state index in [4.69, 9.17) is 84.3 Å². The van der Waals surface area contributed by atoms with Gasteiger partial charge in [-0.05, 0) is 99.7 Å². The molecule has 0 aromatic rings. The van der Waals surface area contributed by atoms with Gasteiger partial charge in [0.25, 0.3) is 0 Å². The highest BCUT2D eigenvalue weighted by atomic mass is 28.4. The fraction of sp³-hybridized carbons (Fsp3) is 0.959. The second-order valence-electron chi connectivity index (χ2n) is 29.7. The van der Waals surface area contributed by atoms with E-state index in [9.17, 15) is 4.79 Å². The zero-order valence-corrected chi connectivity index (χ0v) is 63.2. The largest absolute Gasteiger partial charge is 0.500 e. The van der Waals surface area contributed by atoms with E-state index in [-0.39, 0.29) is 174 Å². The van der Waals surface area contributed by atoms with Crippen LogP contribution < -0.4 is 0 Å². The summed E-state index contributed by atoms with van der Waals surface area (Å²) in [5.41, 5.74) is 0.397. The van der Waals surface area contributed by atoms with Crippen LogP contribution in [0.3, 0.4) is 0 Å². The number of carbonyl (C=O) groups excluding carboxylic acids is 1. The van der Waals surface area contributed by atoms with Crippen LogP contribution in [0.2, 0.25) is 6.04 Å². The van der Waals surface area contributed by atoms with E-state index >= 15 is 0 Å². The third kappa shape index (κ3) is 17.6. The van der Waals surface area contributed by atoms with E-state index in [1.165, 1.54) is 0 Å². The standard InChI is InChI=1S/C63H112O14.C10H20O5Si/c1-22-43-50-29(8)36(15)57(64-43)72-51-31(10)38(17)59(66-44(51)23-2)74-53-33(12)40(19)61(68-46(53)25-4)76-55-35(14)42(21)63(70-48(55)27-6)77-56-34(13)41(20)62(69-49(56)28-7)75-54-32(11)39(18)60(67-47(54)26-5)73-52-30(9)37(16)58(71-50)65-45(52)24-3;1-9(2)10(11)15-7-6-8-16(12-3,13-4)14-5/h29-63H,22-28H2,1-21H3;1,6-8H2,2-5H3/t29-,30-,31-,32-,33-,34-,35-,36?,37?,38?,39?,40?,41?,42?,43?,44?,45?,46?,47?,48?,49?,50+,51+,52+,53+,54+,55+,56+,57-,58-,59-,60-,61+,62+,63+;/m1./s1. The van der Waals surface area contributed by atoms with Crippen LogP contribution in [0.1, 0.15) is 204 Å². The Hall–Kier alpha value is -1.25. The minimum atomic E-state index is -2.53.